The number of benzene rings is 2. The van der Waals surface area contributed by atoms with Crippen molar-refractivity contribution in [1.29, 1.82) is 0 Å². The zero-order chi connectivity index (χ0) is 16.8. The molecule has 2 aromatic carbocycles. The van der Waals surface area contributed by atoms with Crippen molar-refractivity contribution in [2.45, 2.75) is 38.4 Å². The first kappa shape index (κ1) is 17.0. The number of esters is 1. The van der Waals surface area contributed by atoms with E-state index >= 15 is 0 Å². The molecule has 0 radical (unpaired) electrons. The van der Waals surface area contributed by atoms with Gasteiger partial charge >= 0.3 is 5.97 Å². The minimum absolute atomic E-state index is 0.00141. The molecular formula is C20H21BrO3. The Morgan fingerprint density at radius 2 is 1.62 bits per heavy atom. The van der Waals surface area contributed by atoms with Gasteiger partial charge in [-0.1, -0.05) is 46.3 Å². The Morgan fingerprint density at radius 1 is 0.958 bits per heavy atom. The van der Waals surface area contributed by atoms with Crippen molar-refractivity contribution in [1.82, 2.24) is 0 Å². The molecule has 0 heterocycles. The second kappa shape index (κ2) is 8.34. The second-order valence-electron chi connectivity index (χ2n) is 6.14. The molecule has 3 nitrogen and oxygen atoms in total. The molecular weight excluding hydrogens is 368 g/mol. The predicted octanol–water partition coefficient (Wildman–Crippen LogP) is 5.13. The average molecular weight is 389 g/mol. The normalized spacial score (nSPS) is 20.4. The van der Waals surface area contributed by atoms with Crippen LogP contribution in [0, 0.1) is 5.92 Å². The number of carbonyl (C=O) groups excluding carboxylic acids is 1. The Bertz CT molecular complexity index is 646. The molecule has 0 aliphatic heterocycles. The van der Waals surface area contributed by atoms with E-state index in [-0.39, 0.29) is 18.0 Å². The summed E-state index contributed by atoms with van der Waals surface area (Å²) in [6.07, 6.45) is 3.62. The summed E-state index contributed by atoms with van der Waals surface area (Å²) in [4.78, 5) is 12.2. The third-order valence-electron chi connectivity index (χ3n) is 4.35. The van der Waals surface area contributed by atoms with Gasteiger partial charge in [-0.25, -0.2) is 0 Å². The van der Waals surface area contributed by atoms with Crippen LogP contribution < -0.4 is 4.74 Å². The summed E-state index contributed by atoms with van der Waals surface area (Å²) in [5, 5.41) is 0. The summed E-state index contributed by atoms with van der Waals surface area (Å²) in [6, 6.07) is 17.7. The summed E-state index contributed by atoms with van der Waals surface area (Å²) in [5.41, 5.74) is 1.03. The van der Waals surface area contributed by atoms with Crippen LogP contribution in [0.2, 0.25) is 0 Å². The molecule has 0 saturated heterocycles. The van der Waals surface area contributed by atoms with Gasteiger partial charge in [0.25, 0.3) is 0 Å². The Kier molecular flexibility index (Phi) is 5.91. The maximum Gasteiger partial charge on any atom is 0.309 e. The molecule has 0 aromatic heterocycles. The molecule has 1 fully saturated rings. The Balaban J connectivity index is 1.42. The van der Waals surface area contributed by atoms with Gasteiger partial charge < -0.3 is 9.47 Å². The molecule has 2 aromatic rings. The van der Waals surface area contributed by atoms with Gasteiger partial charge in [-0.15, -0.1) is 0 Å². The third-order valence-corrected chi connectivity index (χ3v) is 4.88. The highest BCUT2D eigenvalue weighted by molar-refractivity contribution is 9.10. The lowest BCUT2D eigenvalue weighted by Crippen LogP contribution is -2.29. The number of halogens is 1. The molecule has 0 spiro atoms. The van der Waals surface area contributed by atoms with E-state index in [1.807, 2.05) is 54.6 Å². The SMILES string of the molecule is O=C(OCc1ccccc1)[C@H]1CC[C@H](Oc2ccc(Br)cc2)CC1. The van der Waals surface area contributed by atoms with Crippen LogP contribution in [0.15, 0.2) is 59.1 Å². The maximum absolute atomic E-state index is 12.2. The highest BCUT2D eigenvalue weighted by Gasteiger charge is 2.28. The van der Waals surface area contributed by atoms with Crippen molar-refractivity contribution < 1.29 is 14.3 Å². The third kappa shape index (κ3) is 4.84. The fourth-order valence-corrected chi connectivity index (χ4v) is 3.23. The van der Waals surface area contributed by atoms with E-state index in [1.165, 1.54) is 0 Å². The number of rotatable bonds is 5. The van der Waals surface area contributed by atoms with E-state index < -0.39 is 0 Å². The minimum atomic E-state index is -0.0825. The lowest BCUT2D eigenvalue weighted by molar-refractivity contribution is -0.151. The molecule has 0 unspecified atom stereocenters. The molecule has 3 rings (SSSR count). The number of ether oxygens (including phenoxy) is 2. The minimum Gasteiger partial charge on any atom is -0.490 e. The van der Waals surface area contributed by atoms with Gasteiger partial charge in [0.15, 0.2) is 0 Å². The van der Waals surface area contributed by atoms with E-state index in [0.717, 1.165) is 41.5 Å². The standard InChI is InChI=1S/C20H21BrO3/c21-17-8-12-19(13-9-17)24-18-10-6-16(7-11-18)20(22)23-14-15-4-2-1-3-5-15/h1-5,8-9,12-13,16,18H,6-7,10-11,14H2/t16-,18-. The summed E-state index contributed by atoms with van der Waals surface area (Å²) in [5.74, 6) is 0.799. The Labute approximate surface area is 151 Å². The molecule has 0 atom stereocenters. The summed E-state index contributed by atoms with van der Waals surface area (Å²) in [7, 11) is 0. The van der Waals surface area contributed by atoms with Crippen LogP contribution in [0.25, 0.3) is 0 Å². The van der Waals surface area contributed by atoms with E-state index in [0.29, 0.717) is 6.61 Å². The first-order valence-corrected chi connectivity index (χ1v) is 9.13. The van der Waals surface area contributed by atoms with Gasteiger partial charge in [-0.3, -0.25) is 4.79 Å². The van der Waals surface area contributed by atoms with Crippen molar-refractivity contribution in [2.24, 2.45) is 5.92 Å². The zero-order valence-corrected chi connectivity index (χ0v) is 15.1. The van der Waals surface area contributed by atoms with Crippen molar-refractivity contribution in [3.8, 4) is 5.75 Å². The van der Waals surface area contributed by atoms with Crippen molar-refractivity contribution in [2.75, 3.05) is 0 Å². The smallest absolute Gasteiger partial charge is 0.309 e. The second-order valence-corrected chi connectivity index (χ2v) is 7.05. The summed E-state index contributed by atoms with van der Waals surface area (Å²) >= 11 is 3.42. The van der Waals surface area contributed by atoms with Gasteiger partial charge in [-0.2, -0.15) is 0 Å². The lowest BCUT2D eigenvalue weighted by atomic mass is 9.87. The van der Waals surface area contributed by atoms with E-state index in [1.54, 1.807) is 0 Å². The largest absolute Gasteiger partial charge is 0.490 e. The Morgan fingerprint density at radius 3 is 2.29 bits per heavy atom. The molecule has 24 heavy (non-hydrogen) atoms. The highest BCUT2D eigenvalue weighted by Crippen LogP contribution is 2.29. The molecule has 1 aliphatic carbocycles. The van der Waals surface area contributed by atoms with Gasteiger partial charge in [0, 0.05) is 4.47 Å². The maximum atomic E-state index is 12.2. The summed E-state index contributed by atoms with van der Waals surface area (Å²) in [6.45, 7) is 0.356. The molecule has 0 amide bonds. The van der Waals surface area contributed by atoms with Crippen LogP contribution in [-0.4, -0.2) is 12.1 Å². The van der Waals surface area contributed by atoms with Gasteiger partial charge in [-0.05, 0) is 55.5 Å². The summed E-state index contributed by atoms with van der Waals surface area (Å²) < 4.78 is 12.5. The Hall–Kier alpha value is -1.81. The first-order valence-electron chi connectivity index (χ1n) is 8.33. The predicted molar refractivity (Wildman–Crippen MR) is 96.8 cm³/mol. The van der Waals surface area contributed by atoms with Crippen LogP contribution >= 0.6 is 15.9 Å². The first-order chi connectivity index (χ1) is 11.7. The quantitative estimate of drug-likeness (QED) is 0.665. The molecule has 1 aliphatic rings. The van der Waals surface area contributed by atoms with Gasteiger partial charge in [0.1, 0.15) is 12.4 Å². The molecule has 0 bridgehead atoms. The van der Waals surface area contributed by atoms with Crippen molar-refractivity contribution in [3.05, 3.63) is 64.6 Å². The fourth-order valence-electron chi connectivity index (χ4n) is 2.97. The molecule has 1 saturated carbocycles. The van der Waals surface area contributed by atoms with Crippen LogP contribution in [-0.2, 0) is 16.1 Å². The highest BCUT2D eigenvalue weighted by atomic mass is 79.9. The van der Waals surface area contributed by atoms with Gasteiger partial charge in [0.05, 0.1) is 12.0 Å². The van der Waals surface area contributed by atoms with E-state index in [9.17, 15) is 4.79 Å². The number of hydrogen-bond acceptors (Lipinski definition) is 3. The lowest BCUT2D eigenvalue weighted by Gasteiger charge is -2.27. The van der Waals surface area contributed by atoms with Crippen LogP contribution in [0.3, 0.4) is 0 Å². The van der Waals surface area contributed by atoms with E-state index in [4.69, 9.17) is 9.47 Å². The fraction of sp³-hybridized carbons (Fsp3) is 0.350. The van der Waals surface area contributed by atoms with Gasteiger partial charge in [0.2, 0.25) is 0 Å². The molecule has 126 valence electrons. The number of hydrogen-bond donors (Lipinski definition) is 0. The number of carbonyl (C=O) groups is 1. The molecule has 4 heteroatoms. The van der Waals surface area contributed by atoms with E-state index in [2.05, 4.69) is 15.9 Å². The van der Waals surface area contributed by atoms with Crippen molar-refractivity contribution >= 4 is 21.9 Å². The topological polar surface area (TPSA) is 35.5 Å². The zero-order valence-electron chi connectivity index (χ0n) is 13.5. The van der Waals surface area contributed by atoms with Crippen LogP contribution in [0.5, 0.6) is 5.75 Å². The molecule has 0 N–H and O–H groups in total. The van der Waals surface area contributed by atoms with Crippen molar-refractivity contribution in [3.63, 3.8) is 0 Å². The van der Waals surface area contributed by atoms with Crippen LogP contribution in [0.4, 0.5) is 0 Å². The monoisotopic (exact) mass is 388 g/mol. The van der Waals surface area contributed by atoms with Crippen LogP contribution in [0.1, 0.15) is 31.2 Å². The average Bonchev–Trinajstić information content (AvgIpc) is 2.63.